The Balaban J connectivity index is 2.89. The van der Waals surface area contributed by atoms with Gasteiger partial charge in [-0.3, -0.25) is 4.99 Å². The average molecular weight is 189 g/mol. The monoisotopic (exact) mass is 189 g/mol. The molecular formula is C11H15N3. The van der Waals surface area contributed by atoms with E-state index in [1.165, 1.54) is 0 Å². The average Bonchev–Trinajstić information content (AvgIpc) is 2.25. The first-order valence-electron chi connectivity index (χ1n) is 4.49. The zero-order valence-corrected chi connectivity index (χ0v) is 8.27. The van der Waals surface area contributed by atoms with Crippen LogP contribution in [-0.4, -0.2) is 19.9 Å². The molecule has 0 radical (unpaired) electrons. The molecule has 0 saturated carbocycles. The number of aliphatic imine (C=N–C) groups is 1. The second kappa shape index (κ2) is 5.94. The second-order valence-electron chi connectivity index (χ2n) is 2.76. The topological polar surface area (TPSA) is 50.4 Å². The summed E-state index contributed by atoms with van der Waals surface area (Å²) in [6.07, 6.45) is 3.67. The normalized spacial score (nSPS) is 12.0. The van der Waals surface area contributed by atoms with Gasteiger partial charge < -0.3 is 11.1 Å². The summed E-state index contributed by atoms with van der Waals surface area (Å²) in [5, 5.41) is 2.96. The number of nitrogens with two attached hydrogens (primary N) is 1. The SMILES string of the molecule is CN=CC(=CNCN)c1ccccc1. The Morgan fingerprint density at radius 2 is 2.14 bits per heavy atom. The van der Waals surface area contributed by atoms with Crippen LogP contribution in [0.5, 0.6) is 0 Å². The van der Waals surface area contributed by atoms with Gasteiger partial charge in [-0.1, -0.05) is 30.3 Å². The van der Waals surface area contributed by atoms with Crippen molar-refractivity contribution >= 4 is 11.8 Å². The predicted octanol–water partition coefficient (Wildman–Crippen LogP) is 1.23. The number of nitrogens with zero attached hydrogens (tertiary/aromatic N) is 1. The number of rotatable bonds is 4. The molecule has 0 heterocycles. The van der Waals surface area contributed by atoms with E-state index in [0.717, 1.165) is 11.1 Å². The minimum atomic E-state index is 0.424. The first-order valence-corrected chi connectivity index (χ1v) is 4.49. The van der Waals surface area contributed by atoms with E-state index in [1.807, 2.05) is 36.5 Å². The van der Waals surface area contributed by atoms with Crippen molar-refractivity contribution < 1.29 is 0 Å². The fourth-order valence-electron chi connectivity index (χ4n) is 1.13. The van der Waals surface area contributed by atoms with E-state index in [1.54, 1.807) is 13.3 Å². The van der Waals surface area contributed by atoms with Crippen molar-refractivity contribution in [2.75, 3.05) is 13.7 Å². The molecule has 0 unspecified atom stereocenters. The fraction of sp³-hybridized carbons (Fsp3) is 0.182. The number of allylic oxidation sites excluding steroid dienone is 1. The highest BCUT2D eigenvalue weighted by Crippen LogP contribution is 2.10. The first kappa shape index (κ1) is 10.5. The lowest BCUT2D eigenvalue weighted by Gasteiger charge is -2.02. The predicted molar refractivity (Wildman–Crippen MR) is 61.0 cm³/mol. The van der Waals surface area contributed by atoms with Crippen molar-refractivity contribution in [2.45, 2.75) is 0 Å². The maximum absolute atomic E-state index is 5.35. The number of benzene rings is 1. The summed E-state index contributed by atoms with van der Waals surface area (Å²) in [6.45, 7) is 0.424. The molecule has 3 heteroatoms. The molecule has 1 aromatic rings. The Kier molecular flexibility index (Phi) is 4.44. The number of nitrogens with one attached hydrogen (secondary N) is 1. The van der Waals surface area contributed by atoms with Gasteiger partial charge in [0.05, 0.1) is 6.67 Å². The van der Waals surface area contributed by atoms with Gasteiger partial charge in [0.15, 0.2) is 0 Å². The van der Waals surface area contributed by atoms with E-state index in [-0.39, 0.29) is 0 Å². The maximum Gasteiger partial charge on any atom is 0.0623 e. The van der Waals surface area contributed by atoms with Crippen LogP contribution < -0.4 is 11.1 Å². The van der Waals surface area contributed by atoms with E-state index >= 15 is 0 Å². The molecule has 14 heavy (non-hydrogen) atoms. The van der Waals surface area contributed by atoms with E-state index in [0.29, 0.717) is 6.67 Å². The molecule has 3 nitrogen and oxygen atoms in total. The highest BCUT2D eigenvalue weighted by Gasteiger charge is 1.95. The zero-order chi connectivity index (χ0) is 10.2. The molecule has 0 aliphatic rings. The van der Waals surface area contributed by atoms with Crippen LogP contribution in [0.2, 0.25) is 0 Å². The summed E-state index contributed by atoms with van der Waals surface area (Å²) < 4.78 is 0. The standard InChI is InChI=1S/C11H15N3/c1-13-7-11(8-14-9-12)10-5-3-2-4-6-10/h2-8,14H,9,12H2,1H3. The summed E-state index contributed by atoms with van der Waals surface area (Å²) in [7, 11) is 1.75. The summed E-state index contributed by atoms with van der Waals surface area (Å²) in [5.74, 6) is 0. The number of hydrogen-bond donors (Lipinski definition) is 2. The molecule has 0 aliphatic carbocycles. The maximum atomic E-state index is 5.35. The molecule has 1 aromatic carbocycles. The zero-order valence-electron chi connectivity index (χ0n) is 8.27. The molecule has 0 bridgehead atoms. The molecule has 3 N–H and O–H groups in total. The molecule has 0 atom stereocenters. The van der Waals surface area contributed by atoms with Crippen LogP contribution in [0.15, 0.2) is 41.5 Å². The van der Waals surface area contributed by atoms with Gasteiger partial charge in [0, 0.05) is 25.0 Å². The first-order chi connectivity index (χ1) is 6.88. The van der Waals surface area contributed by atoms with Gasteiger partial charge in [0.1, 0.15) is 0 Å². The molecule has 0 fully saturated rings. The van der Waals surface area contributed by atoms with Gasteiger partial charge in [0.25, 0.3) is 0 Å². The minimum Gasteiger partial charge on any atom is -0.378 e. The summed E-state index contributed by atoms with van der Waals surface area (Å²) in [5.41, 5.74) is 7.50. The molecule has 0 saturated heterocycles. The smallest absolute Gasteiger partial charge is 0.0623 e. The fourth-order valence-corrected chi connectivity index (χ4v) is 1.13. The molecule has 1 rings (SSSR count). The van der Waals surface area contributed by atoms with Crippen molar-refractivity contribution in [3.63, 3.8) is 0 Å². The van der Waals surface area contributed by atoms with Crippen LogP contribution >= 0.6 is 0 Å². The molecule has 0 aromatic heterocycles. The Hall–Kier alpha value is -1.61. The van der Waals surface area contributed by atoms with Gasteiger partial charge in [-0.2, -0.15) is 0 Å². The second-order valence-corrected chi connectivity index (χ2v) is 2.76. The van der Waals surface area contributed by atoms with Crippen LogP contribution in [0.25, 0.3) is 5.57 Å². The van der Waals surface area contributed by atoms with E-state index in [2.05, 4.69) is 10.3 Å². The molecule has 74 valence electrons. The molecular weight excluding hydrogens is 174 g/mol. The Morgan fingerprint density at radius 1 is 1.43 bits per heavy atom. The Bertz CT molecular complexity index is 315. The molecule has 0 aliphatic heterocycles. The highest BCUT2D eigenvalue weighted by molar-refractivity contribution is 6.09. The third-order valence-corrected chi connectivity index (χ3v) is 1.75. The van der Waals surface area contributed by atoms with Crippen molar-refractivity contribution in [3.05, 3.63) is 42.1 Å². The van der Waals surface area contributed by atoms with Gasteiger partial charge >= 0.3 is 0 Å². The Labute approximate surface area is 84.4 Å². The van der Waals surface area contributed by atoms with Crippen molar-refractivity contribution in [1.82, 2.24) is 5.32 Å². The van der Waals surface area contributed by atoms with E-state index in [9.17, 15) is 0 Å². The number of hydrogen-bond acceptors (Lipinski definition) is 3. The van der Waals surface area contributed by atoms with Gasteiger partial charge in [-0.15, -0.1) is 0 Å². The Morgan fingerprint density at radius 3 is 2.71 bits per heavy atom. The van der Waals surface area contributed by atoms with Gasteiger partial charge in [-0.05, 0) is 5.56 Å². The van der Waals surface area contributed by atoms with Gasteiger partial charge in [0.2, 0.25) is 0 Å². The largest absolute Gasteiger partial charge is 0.378 e. The lowest BCUT2D eigenvalue weighted by molar-refractivity contribution is 0.887. The summed E-state index contributed by atoms with van der Waals surface area (Å²) in [4.78, 5) is 3.99. The van der Waals surface area contributed by atoms with Crippen molar-refractivity contribution in [1.29, 1.82) is 0 Å². The minimum absolute atomic E-state index is 0.424. The van der Waals surface area contributed by atoms with Crippen LogP contribution in [0.3, 0.4) is 0 Å². The van der Waals surface area contributed by atoms with Crippen molar-refractivity contribution in [3.8, 4) is 0 Å². The lowest BCUT2D eigenvalue weighted by atomic mass is 10.1. The summed E-state index contributed by atoms with van der Waals surface area (Å²) >= 11 is 0. The van der Waals surface area contributed by atoms with Crippen LogP contribution in [0.1, 0.15) is 5.56 Å². The quantitative estimate of drug-likeness (QED) is 0.553. The van der Waals surface area contributed by atoms with E-state index in [4.69, 9.17) is 5.73 Å². The third-order valence-electron chi connectivity index (χ3n) is 1.75. The van der Waals surface area contributed by atoms with E-state index < -0.39 is 0 Å². The van der Waals surface area contributed by atoms with Crippen molar-refractivity contribution in [2.24, 2.45) is 10.7 Å². The summed E-state index contributed by atoms with van der Waals surface area (Å²) in [6, 6.07) is 10.0. The highest BCUT2D eigenvalue weighted by atomic mass is 14.9. The van der Waals surface area contributed by atoms with Gasteiger partial charge in [-0.25, -0.2) is 0 Å². The van der Waals surface area contributed by atoms with Crippen LogP contribution in [-0.2, 0) is 0 Å². The molecule has 0 spiro atoms. The van der Waals surface area contributed by atoms with Crippen LogP contribution in [0.4, 0.5) is 0 Å². The third kappa shape index (κ3) is 3.03. The lowest BCUT2D eigenvalue weighted by Crippen LogP contribution is -2.16. The van der Waals surface area contributed by atoms with Crippen LogP contribution in [0, 0.1) is 0 Å². The molecule has 0 amide bonds.